The molecule has 0 saturated heterocycles. The molecule has 17 heavy (non-hydrogen) atoms. The third-order valence-electron chi connectivity index (χ3n) is 2.56. The van der Waals surface area contributed by atoms with Crippen LogP contribution in [0.2, 0.25) is 0 Å². The first kappa shape index (κ1) is 14.2. The molecule has 0 aliphatic rings. The third kappa shape index (κ3) is 4.88. The summed E-state index contributed by atoms with van der Waals surface area (Å²) < 4.78 is 6.18. The van der Waals surface area contributed by atoms with Gasteiger partial charge in [0.2, 0.25) is 0 Å². The number of rotatable bonds is 7. The van der Waals surface area contributed by atoms with Gasteiger partial charge in [-0.15, -0.1) is 0 Å². The number of carbonyl (C=O) groups is 1. The number of hydrogen-bond acceptors (Lipinski definition) is 2. The molecular weight excluding hydrogens is 284 g/mol. The lowest BCUT2D eigenvalue weighted by molar-refractivity contribution is -0.139. The highest BCUT2D eigenvalue weighted by molar-refractivity contribution is 9.10. The van der Waals surface area contributed by atoms with E-state index in [0.29, 0.717) is 19.6 Å². The summed E-state index contributed by atoms with van der Waals surface area (Å²) in [4.78, 5) is 11.2. The first-order valence-corrected chi connectivity index (χ1v) is 6.50. The minimum absolute atomic E-state index is 0.441. The second kappa shape index (κ2) is 7.45. The van der Waals surface area contributed by atoms with Gasteiger partial charge in [-0.3, -0.25) is 4.79 Å². The van der Waals surface area contributed by atoms with E-state index < -0.39 is 11.9 Å². The molecule has 94 valence electrons. The van der Waals surface area contributed by atoms with Crippen LogP contribution in [0.5, 0.6) is 0 Å². The van der Waals surface area contributed by atoms with Crippen molar-refractivity contribution in [2.75, 3.05) is 13.2 Å². The molecule has 1 atom stereocenters. The number of carboxylic acids is 1. The molecule has 1 unspecified atom stereocenters. The topological polar surface area (TPSA) is 46.5 Å². The maximum absolute atomic E-state index is 11.2. The number of carboxylic acid groups (broad SMARTS) is 1. The molecule has 0 aliphatic carbocycles. The van der Waals surface area contributed by atoms with E-state index in [9.17, 15) is 9.90 Å². The van der Waals surface area contributed by atoms with Crippen LogP contribution in [0.3, 0.4) is 0 Å². The Kier molecular flexibility index (Phi) is 6.22. The van der Waals surface area contributed by atoms with E-state index in [-0.39, 0.29) is 0 Å². The molecule has 1 rings (SSSR count). The lowest BCUT2D eigenvalue weighted by Crippen LogP contribution is -2.12. The Morgan fingerprint density at radius 1 is 1.41 bits per heavy atom. The van der Waals surface area contributed by atoms with E-state index in [4.69, 9.17) is 4.74 Å². The number of hydrogen-bond donors (Lipinski definition) is 1. The summed E-state index contributed by atoms with van der Waals surface area (Å²) in [6, 6.07) is 7.44. The Morgan fingerprint density at radius 3 is 2.59 bits per heavy atom. The van der Waals surface area contributed by atoms with Gasteiger partial charge in [0, 0.05) is 17.7 Å². The van der Waals surface area contributed by atoms with Gasteiger partial charge in [0.1, 0.15) is 0 Å². The van der Waals surface area contributed by atoms with Crippen LogP contribution in [0.4, 0.5) is 0 Å². The SMILES string of the molecule is CCOCCCC(C(=O)O)c1ccc(Br)cc1. The molecule has 0 spiro atoms. The molecule has 0 fully saturated rings. The molecule has 1 aromatic carbocycles. The fraction of sp³-hybridized carbons (Fsp3) is 0.462. The van der Waals surface area contributed by atoms with Crippen LogP contribution in [0, 0.1) is 0 Å². The molecule has 3 nitrogen and oxygen atoms in total. The van der Waals surface area contributed by atoms with Gasteiger partial charge in [0.05, 0.1) is 5.92 Å². The van der Waals surface area contributed by atoms with Gasteiger partial charge in [0.15, 0.2) is 0 Å². The van der Waals surface area contributed by atoms with Crippen molar-refractivity contribution >= 4 is 21.9 Å². The summed E-state index contributed by atoms with van der Waals surface area (Å²) in [5, 5.41) is 9.20. The highest BCUT2D eigenvalue weighted by Crippen LogP contribution is 2.23. The first-order chi connectivity index (χ1) is 8.15. The fourth-order valence-corrected chi connectivity index (χ4v) is 1.93. The Bertz CT molecular complexity index is 348. The summed E-state index contributed by atoms with van der Waals surface area (Å²) in [7, 11) is 0. The molecule has 0 aromatic heterocycles. The maximum Gasteiger partial charge on any atom is 0.310 e. The lowest BCUT2D eigenvalue weighted by Gasteiger charge is -2.12. The van der Waals surface area contributed by atoms with Gasteiger partial charge in [-0.25, -0.2) is 0 Å². The molecule has 0 amide bonds. The van der Waals surface area contributed by atoms with Gasteiger partial charge < -0.3 is 9.84 Å². The van der Waals surface area contributed by atoms with Crippen molar-refractivity contribution < 1.29 is 14.6 Å². The minimum atomic E-state index is -0.774. The normalized spacial score (nSPS) is 12.4. The average Bonchev–Trinajstić information content (AvgIpc) is 2.30. The second-order valence-electron chi connectivity index (χ2n) is 3.78. The molecule has 1 N–H and O–H groups in total. The van der Waals surface area contributed by atoms with E-state index in [0.717, 1.165) is 16.5 Å². The third-order valence-corrected chi connectivity index (χ3v) is 3.08. The second-order valence-corrected chi connectivity index (χ2v) is 4.70. The molecule has 0 aliphatic heterocycles. The molecule has 0 bridgehead atoms. The van der Waals surface area contributed by atoms with Gasteiger partial charge in [-0.1, -0.05) is 28.1 Å². The number of ether oxygens (including phenoxy) is 1. The maximum atomic E-state index is 11.2. The van der Waals surface area contributed by atoms with E-state index in [1.807, 2.05) is 31.2 Å². The smallest absolute Gasteiger partial charge is 0.310 e. The summed E-state index contributed by atoms with van der Waals surface area (Å²) in [5.41, 5.74) is 0.845. The molecule has 0 radical (unpaired) electrons. The van der Waals surface area contributed by atoms with Crippen molar-refractivity contribution in [1.82, 2.24) is 0 Å². The van der Waals surface area contributed by atoms with Gasteiger partial charge in [-0.2, -0.15) is 0 Å². The van der Waals surface area contributed by atoms with Crippen molar-refractivity contribution in [1.29, 1.82) is 0 Å². The number of aliphatic carboxylic acids is 1. The van der Waals surface area contributed by atoms with Crippen molar-refractivity contribution in [3.05, 3.63) is 34.3 Å². The summed E-state index contributed by atoms with van der Waals surface area (Å²) in [5.74, 6) is -1.22. The van der Waals surface area contributed by atoms with E-state index in [1.165, 1.54) is 0 Å². The summed E-state index contributed by atoms with van der Waals surface area (Å²) in [6.07, 6.45) is 1.37. The van der Waals surface area contributed by atoms with Gasteiger partial charge in [-0.05, 0) is 37.5 Å². The molecule has 0 heterocycles. The van der Waals surface area contributed by atoms with Crippen molar-refractivity contribution in [3.63, 3.8) is 0 Å². The summed E-state index contributed by atoms with van der Waals surface area (Å²) >= 11 is 3.34. The predicted octanol–water partition coefficient (Wildman–Crippen LogP) is 3.43. The van der Waals surface area contributed by atoms with Crippen molar-refractivity contribution in [2.24, 2.45) is 0 Å². The minimum Gasteiger partial charge on any atom is -0.481 e. The van der Waals surface area contributed by atoms with Crippen molar-refractivity contribution in [3.8, 4) is 0 Å². The van der Waals surface area contributed by atoms with Crippen LogP contribution in [-0.2, 0) is 9.53 Å². The highest BCUT2D eigenvalue weighted by atomic mass is 79.9. The van der Waals surface area contributed by atoms with Crippen LogP contribution < -0.4 is 0 Å². The number of halogens is 1. The zero-order valence-electron chi connectivity index (χ0n) is 9.86. The summed E-state index contributed by atoms with van der Waals surface area (Å²) in [6.45, 7) is 3.23. The standard InChI is InChI=1S/C13H17BrO3/c1-2-17-9-3-4-12(13(15)16)10-5-7-11(14)8-6-10/h5-8,12H,2-4,9H2,1H3,(H,15,16). The van der Waals surface area contributed by atoms with Gasteiger partial charge >= 0.3 is 5.97 Å². The highest BCUT2D eigenvalue weighted by Gasteiger charge is 2.18. The van der Waals surface area contributed by atoms with E-state index >= 15 is 0 Å². The number of benzene rings is 1. The Labute approximate surface area is 110 Å². The molecule has 0 saturated carbocycles. The largest absolute Gasteiger partial charge is 0.481 e. The van der Waals surface area contributed by atoms with Crippen LogP contribution in [0.25, 0.3) is 0 Å². The Morgan fingerprint density at radius 2 is 2.06 bits per heavy atom. The van der Waals surface area contributed by atoms with E-state index in [2.05, 4.69) is 15.9 Å². The van der Waals surface area contributed by atoms with E-state index in [1.54, 1.807) is 0 Å². The lowest BCUT2D eigenvalue weighted by atomic mass is 9.94. The molecule has 1 aromatic rings. The Hall–Kier alpha value is -0.870. The van der Waals surface area contributed by atoms with Crippen LogP contribution >= 0.6 is 15.9 Å². The monoisotopic (exact) mass is 300 g/mol. The first-order valence-electron chi connectivity index (χ1n) is 5.71. The van der Waals surface area contributed by atoms with Crippen molar-refractivity contribution in [2.45, 2.75) is 25.7 Å². The average molecular weight is 301 g/mol. The zero-order valence-corrected chi connectivity index (χ0v) is 11.4. The predicted molar refractivity (Wildman–Crippen MR) is 70.2 cm³/mol. The van der Waals surface area contributed by atoms with Crippen LogP contribution in [0.1, 0.15) is 31.2 Å². The Balaban J connectivity index is 2.59. The fourth-order valence-electron chi connectivity index (χ4n) is 1.66. The van der Waals surface area contributed by atoms with Gasteiger partial charge in [0.25, 0.3) is 0 Å². The molecule has 4 heteroatoms. The zero-order chi connectivity index (χ0) is 12.7. The molecular formula is C13H17BrO3. The van der Waals surface area contributed by atoms with Crippen LogP contribution in [-0.4, -0.2) is 24.3 Å². The van der Waals surface area contributed by atoms with Crippen LogP contribution in [0.15, 0.2) is 28.7 Å². The quantitative estimate of drug-likeness (QED) is 0.785.